The molecule has 0 radical (unpaired) electrons. The number of carbonyl (C=O) groups excluding carboxylic acids is 1. The van der Waals surface area contributed by atoms with Gasteiger partial charge in [0.25, 0.3) is 5.91 Å². The summed E-state index contributed by atoms with van der Waals surface area (Å²) in [7, 11) is 3.23. The second kappa shape index (κ2) is 9.64. The van der Waals surface area contributed by atoms with E-state index in [1.54, 1.807) is 26.6 Å². The van der Waals surface area contributed by atoms with Crippen molar-refractivity contribution in [3.8, 4) is 17.0 Å². The first-order valence-corrected chi connectivity index (χ1v) is 10.8. The number of anilines is 2. The lowest BCUT2D eigenvalue weighted by molar-refractivity contribution is 0.0962. The number of hydrogen-bond donors (Lipinski definition) is 2. The molecule has 8 nitrogen and oxygen atoms in total. The fraction of sp³-hybridized carbons (Fsp3) is 0.333. The van der Waals surface area contributed by atoms with Gasteiger partial charge in [-0.2, -0.15) is 0 Å². The van der Waals surface area contributed by atoms with Crippen LogP contribution in [0.15, 0.2) is 48.9 Å². The summed E-state index contributed by atoms with van der Waals surface area (Å²) in [5.74, 6) is 2.45. The highest BCUT2D eigenvalue weighted by atomic mass is 16.5. The Labute approximate surface area is 188 Å². The third kappa shape index (κ3) is 4.64. The average molecular weight is 433 g/mol. The largest absolute Gasteiger partial charge is 0.496 e. The molecule has 2 N–H and O–H groups in total. The van der Waals surface area contributed by atoms with Gasteiger partial charge in [-0.05, 0) is 36.2 Å². The predicted molar refractivity (Wildman–Crippen MR) is 125 cm³/mol. The van der Waals surface area contributed by atoms with Crippen molar-refractivity contribution in [1.82, 2.24) is 20.3 Å². The number of nitrogens with one attached hydrogen (secondary N) is 2. The van der Waals surface area contributed by atoms with Crippen molar-refractivity contribution in [2.24, 2.45) is 0 Å². The summed E-state index contributed by atoms with van der Waals surface area (Å²) in [6, 6.07) is 11.5. The molecule has 1 aliphatic rings. The number of ether oxygens (including phenoxy) is 1. The van der Waals surface area contributed by atoms with Crippen molar-refractivity contribution < 1.29 is 9.53 Å². The van der Waals surface area contributed by atoms with Crippen LogP contribution in [0, 0.1) is 0 Å². The van der Waals surface area contributed by atoms with Gasteiger partial charge in [0, 0.05) is 56.0 Å². The molecule has 2 aromatic heterocycles. The van der Waals surface area contributed by atoms with Crippen LogP contribution in [-0.2, 0) is 0 Å². The summed E-state index contributed by atoms with van der Waals surface area (Å²) >= 11 is 0. The van der Waals surface area contributed by atoms with Crippen LogP contribution in [0.2, 0.25) is 0 Å². The van der Waals surface area contributed by atoms with Crippen LogP contribution in [-0.4, -0.2) is 54.7 Å². The van der Waals surface area contributed by atoms with Gasteiger partial charge in [-0.25, -0.2) is 15.0 Å². The number of methoxy groups -OCH3 is 1. The minimum absolute atomic E-state index is 0.137. The number of amides is 1. The Bertz CT molecular complexity index is 1080. The highest BCUT2D eigenvalue weighted by Gasteiger charge is 2.16. The number of hydrogen-bond acceptors (Lipinski definition) is 7. The summed E-state index contributed by atoms with van der Waals surface area (Å²) in [6.07, 6.45) is 4.65. The summed E-state index contributed by atoms with van der Waals surface area (Å²) in [6.45, 7) is 4.90. The molecular weight excluding hydrogens is 404 g/mol. The monoisotopic (exact) mass is 432 g/mol. The molecule has 32 heavy (non-hydrogen) atoms. The van der Waals surface area contributed by atoms with E-state index >= 15 is 0 Å². The third-order valence-corrected chi connectivity index (χ3v) is 5.73. The molecule has 0 spiro atoms. The average Bonchev–Trinajstić information content (AvgIpc) is 2.81. The highest BCUT2D eigenvalue weighted by Crippen LogP contribution is 2.28. The van der Waals surface area contributed by atoms with Crippen molar-refractivity contribution in [2.45, 2.75) is 19.3 Å². The molecule has 3 aromatic rings. The van der Waals surface area contributed by atoms with Gasteiger partial charge in [0.1, 0.15) is 23.7 Å². The number of nitrogens with zero attached hydrogens (tertiary/aromatic N) is 4. The zero-order valence-electron chi connectivity index (χ0n) is 18.6. The second-order valence-corrected chi connectivity index (χ2v) is 7.85. The van der Waals surface area contributed by atoms with Crippen molar-refractivity contribution in [2.75, 3.05) is 44.0 Å². The van der Waals surface area contributed by atoms with Gasteiger partial charge in [0.15, 0.2) is 0 Å². The summed E-state index contributed by atoms with van der Waals surface area (Å²) in [5, 5.41) is 6.02. The molecule has 0 unspecified atom stereocenters. The molecule has 3 heterocycles. The topological polar surface area (TPSA) is 92.3 Å². The van der Waals surface area contributed by atoms with E-state index in [0.29, 0.717) is 17.9 Å². The predicted octanol–water partition coefficient (Wildman–Crippen LogP) is 3.33. The molecule has 0 bridgehead atoms. The van der Waals surface area contributed by atoms with Crippen LogP contribution in [0.5, 0.6) is 5.75 Å². The third-order valence-electron chi connectivity index (χ3n) is 5.73. The smallest absolute Gasteiger partial charge is 0.251 e. The Morgan fingerprint density at radius 3 is 2.66 bits per heavy atom. The fourth-order valence-corrected chi connectivity index (χ4v) is 3.65. The van der Waals surface area contributed by atoms with E-state index in [1.165, 1.54) is 6.42 Å². The Morgan fingerprint density at radius 1 is 1.16 bits per heavy atom. The summed E-state index contributed by atoms with van der Waals surface area (Å²) < 4.78 is 5.53. The fourth-order valence-electron chi connectivity index (χ4n) is 3.65. The maximum absolute atomic E-state index is 11.9. The molecule has 8 heteroatoms. The highest BCUT2D eigenvalue weighted by molar-refractivity contribution is 5.94. The molecule has 1 amide bonds. The SMILES string of the molecule is CNC(=O)c1ccc([C@H](C)CNc2cc(-c3ccc(N4CCC4)nc3)ncn2)c(OC)c1. The Kier molecular flexibility index (Phi) is 6.49. The maximum atomic E-state index is 11.9. The minimum Gasteiger partial charge on any atom is -0.496 e. The number of carbonyl (C=O) groups is 1. The number of benzene rings is 1. The molecule has 0 aliphatic carbocycles. The van der Waals surface area contributed by atoms with Gasteiger partial charge in [0.2, 0.25) is 0 Å². The maximum Gasteiger partial charge on any atom is 0.251 e. The van der Waals surface area contributed by atoms with Crippen LogP contribution >= 0.6 is 0 Å². The van der Waals surface area contributed by atoms with E-state index in [4.69, 9.17) is 4.74 Å². The molecular formula is C24H28N6O2. The quantitative estimate of drug-likeness (QED) is 0.564. The lowest BCUT2D eigenvalue weighted by Gasteiger charge is -2.31. The first-order chi connectivity index (χ1) is 15.6. The Hall–Kier alpha value is -3.68. The number of rotatable bonds is 8. The minimum atomic E-state index is -0.137. The van der Waals surface area contributed by atoms with Gasteiger partial charge >= 0.3 is 0 Å². The molecule has 1 saturated heterocycles. The molecule has 1 fully saturated rings. The van der Waals surface area contributed by atoms with Gasteiger partial charge in [-0.3, -0.25) is 4.79 Å². The van der Waals surface area contributed by atoms with Gasteiger partial charge in [0.05, 0.1) is 12.8 Å². The Morgan fingerprint density at radius 2 is 2.00 bits per heavy atom. The van der Waals surface area contributed by atoms with Gasteiger partial charge < -0.3 is 20.3 Å². The number of pyridine rings is 1. The molecule has 1 aromatic carbocycles. The first-order valence-electron chi connectivity index (χ1n) is 10.8. The molecule has 1 aliphatic heterocycles. The number of aromatic nitrogens is 3. The van der Waals surface area contributed by atoms with Crippen LogP contribution in [0.1, 0.15) is 35.2 Å². The van der Waals surface area contributed by atoms with Crippen molar-refractivity contribution in [1.29, 1.82) is 0 Å². The van der Waals surface area contributed by atoms with Crippen LogP contribution < -0.4 is 20.3 Å². The molecule has 4 rings (SSSR count). The van der Waals surface area contributed by atoms with Crippen molar-refractivity contribution in [3.63, 3.8) is 0 Å². The van der Waals surface area contributed by atoms with E-state index in [9.17, 15) is 4.79 Å². The Balaban J connectivity index is 1.43. The standard InChI is InChI=1S/C24H28N6O2/c1-16(19-7-5-17(24(31)25-2)11-21(19)32-3)13-26-22-12-20(28-15-29-22)18-6-8-23(27-14-18)30-9-4-10-30/h5-8,11-12,14-16H,4,9-10,13H2,1-3H3,(H,25,31)(H,26,28,29)/t16-/m1/s1. The van der Waals surface area contributed by atoms with Crippen LogP contribution in [0.3, 0.4) is 0 Å². The van der Waals surface area contributed by atoms with Crippen molar-refractivity contribution in [3.05, 3.63) is 60.0 Å². The van der Waals surface area contributed by atoms with E-state index < -0.39 is 0 Å². The lowest BCUT2D eigenvalue weighted by Crippen LogP contribution is -2.37. The normalized spacial score (nSPS) is 13.8. The van der Waals surface area contributed by atoms with E-state index in [2.05, 4.69) is 37.4 Å². The lowest BCUT2D eigenvalue weighted by atomic mass is 9.98. The van der Waals surface area contributed by atoms with Gasteiger partial charge in [-0.15, -0.1) is 0 Å². The van der Waals surface area contributed by atoms with Crippen LogP contribution in [0.25, 0.3) is 11.3 Å². The zero-order chi connectivity index (χ0) is 22.5. The molecule has 166 valence electrons. The summed E-state index contributed by atoms with van der Waals surface area (Å²) in [5.41, 5.74) is 3.37. The van der Waals surface area contributed by atoms with Crippen LogP contribution in [0.4, 0.5) is 11.6 Å². The second-order valence-electron chi connectivity index (χ2n) is 7.85. The first kappa shape index (κ1) is 21.5. The van der Waals surface area contributed by atoms with Crippen molar-refractivity contribution >= 4 is 17.5 Å². The molecule has 1 atom stereocenters. The van der Waals surface area contributed by atoms with E-state index in [0.717, 1.165) is 41.5 Å². The van der Waals surface area contributed by atoms with E-state index in [1.807, 2.05) is 36.5 Å². The van der Waals surface area contributed by atoms with Gasteiger partial charge in [-0.1, -0.05) is 13.0 Å². The van der Waals surface area contributed by atoms with E-state index in [-0.39, 0.29) is 11.8 Å². The molecule has 0 saturated carbocycles. The zero-order valence-corrected chi connectivity index (χ0v) is 18.6. The summed E-state index contributed by atoms with van der Waals surface area (Å²) in [4.78, 5) is 27.5.